The maximum absolute atomic E-state index is 12.8. The fraction of sp³-hybridized carbons (Fsp3) is 0.435. The Balaban J connectivity index is 2.21. The van der Waals surface area contributed by atoms with Gasteiger partial charge >= 0.3 is 0 Å². The molecular formula is C23H32N2O3S. The predicted octanol–water partition coefficient (Wildman–Crippen LogP) is 4.46. The lowest BCUT2D eigenvalue weighted by molar-refractivity contribution is -0.120. The molecule has 0 aromatic heterocycles. The SMILES string of the molecule is CC[C@H](NC(=O)CN(c1ccc(C(C)C)cc1)S(C)(=O)=O)c1ccc(C)cc1C. The lowest BCUT2D eigenvalue weighted by atomic mass is 9.97. The van der Waals surface area contributed by atoms with Crippen LogP contribution in [-0.4, -0.2) is 27.1 Å². The standard InChI is InChI=1S/C23H32N2O3S/c1-7-22(21-13-8-17(4)14-18(21)5)24-23(26)15-25(29(6,27)28)20-11-9-19(10-12-20)16(2)3/h8-14,16,22H,7,15H2,1-6H3,(H,24,26)/t22-/m0/s1. The summed E-state index contributed by atoms with van der Waals surface area (Å²) in [6, 6.07) is 13.3. The second-order valence-corrected chi connectivity index (χ2v) is 9.81. The average molecular weight is 417 g/mol. The molecule has 0 saturated carbocycles. The summed E-state index contributed by atoms with van der Waals surface area (Å²) in [6.07, 6.45) is 1.84. The van der Waals surface area contributed by atoms with Gasteiger partial charge in [0.05, 0.1) is 18.0 Å². The number of hydrogen-bond donors (Lipinski definition) is 1. The minimum absolute atomic E-state index is 0.159. The Hall–Kier alpha value is -2.34. The topological polar surface area (TPSA) is 66.5 Å². The Morgan fingerprint density at radius 3 is 2.17 bits per heavy atom. The zero-order valence-corrected chi connectivity index (χ0v) is 19.0. The molecule has 0 aliphatic rings. The summed E-state index contributed by atoms with van der Waals surface area (Å²) >= 11 is 0. The van der Waals surface area contributed by atoms with Gasteiger partial charge in [-0.2, -0.15) is 0 Å². The molecule has 0 spiro atoms. The Morgan fingerprint density at radius 1 is 1.07 bits per heavy atom. The van der Waals surface area contributed by atoms with E-state index in [1.54, 1.807) is 12.1 Å². The summed E-state index contributed by atoms with van der Waals surface area (Å²) in [7, 11) is -3.59. The van der Waals surface area contributed by atoms with Gasteiger partial charge in [-0.15, -0.1) is 0 Å². The van der Waals surface area contributed by atoms with E-state index in [1.165, 1.54) is 5.56 Å². The maximum atomic E-state index is 12.8. The first kappa shape index (κ1) is 22.9. The van der Waals surface area contributed by atoms with Gasteiger partial charge in [0.15, 0.2) is 0 Å². The molecule has 0 fully saturated rings. The molecule has 6 heteroatoms. The zero-order valence-electron chi connectivity index (χ0n) is 18.2. The van der Waals surface area contributed by atoms with Crippen molar-refractivity contribution in [2.75, 3.05) is 17.1 Å². The number of carbonyl (C=O) groups excluding carboxylic acids is 1. The monoisotopic (exact) mass is 416 g/mol. The highest BCUT2D eigenvalue weighted by atomic mass is 32.2. The number of rotatable bonds is 8. The smallest absolute Gasteiger partial charge is 0.241 e. The van der Waals surface area contributed by atoms with Crippen LogP contribution in [0.4, 0.5) is 5.69 Å². The number of sulfonamides is 1. The normalized spacial score (nSPS) is 12.7. The molecule has 2 aromatic carbocycles. The van der Waals surface area contributed by atoms with Gasteiger partial charge in [0.25, 0.3) is 0 Å². The highest BCUT2D eigenvalue weighted by Gasteiger charge is 2.23. The number of amides is 1. The molecule has 1 N–H and O–H groups in total. The summed E-state index contributed by atoms with van der Waals surface area (Å²) < 4.78 is 25.9. The minimum atomic E-state index is -3.59. The predicted molar refractivity (Wildman–Crippen MR) is 120 cm³/mol. The maximum Gasteiger partial charge on any atom is 0.241 e. The molecule has 29 heavy (non-hydrogen) atoms. The van der Waals surface area contributed by atoms with Crippen LogP contribution >= 0.6 is 0 Å². The van der Waals surface area contributed by atoms with Gasteiger partial charge in [0.2, 0.25) is 15.9 Å². The third-order valence-electron chi connectivity index (χ3n) is 5.08. The van der Waals surface area contributed by atoms with Crippen LogP contribution in [0.2, 0.25) is 0 Å². The van der Waals surface area contributed by atoms with Gasteiger partial charge in [-0.3, -0.25) is 9.10 Å². The van der Waals surface area contributed by atoms with Crippen LogP contribution < -0.4 is 9.62 Å². The molecule has 0 unspecified atom stereocenters. The van der Waals surface area contributed by atoms with E-state index < -0.39 is 10.0 Å². The largest absolute Gasteiger partial charge is 0.348 e. The second-order valence-electron chi connectivity index (χ2n) is 7.90. The van der Waals surface area contributed by atoms with E-state index in [-0.39, 0.29) is 18.5 Å². The summed E-state index contributed by atoms with van der Waals surface area (Å²) in [5.41, 5.74) is 4.94. The van der Waals surface area contributed by atoms with Gasteiger partial charge in [-0.1, -0.05) is 56.7 Å². The Labute approximate surface area is 175 Å². The van der Waals surface area contributed by atoms with Crippen molar-refractivity contribution in [3.05, 3.63) is 64.7 Å². The van der Waals surface area contributed by atoms with Crippen molar-refractivity contribution >= 4 is 21.6 Å². The fourth-order valence-corrected chi connectivity index (χ4v) is 4.27. The van der Waals surface area contributed by atoms with Gasteiger partial charge in [-0.05, 0) is 55.0 Å². The number of nitrogens with zero attached hydrogens (tertiary/aromatic N) is 1. The van der Waals surface area contributed by atoms with Crippen molar-refractivity contribution < 1.29 is 13.2 Å². The van der Waals surface area contributed by atoms with Crippen LogP contribution in [0.25, 0.3) is 0 Å². The average Bonchev–Trinajstić information content (AvgIpc) is 2.64. The van der Waals surface area contributed by atoms with E-state index in [0.29, 0.717) is 11.6 Å². The van der Waals surface area contributed by atoms with Gasteiger partial charge in [0.1, 0.15) is 6.54 Å². The lowest BCUT2D eigenvalue weighted by Gasteiger charge is -2.25. The van der Waals surface area contributed by atoms with Crippen LogP contribution in [0.3, 0.4) is 0 Å². The number of benzene rings is 2. The summed E-state index contributed by atoms with van der Waals surface area (Å²) in [4.78, 5) is 12.8. The highest BCUT2D eigenvalue weighted by molar-refractivity contribution is 7.92. The number of aryl methyl sites for hydroxylation is 2. The molecule has 0 aliphatic heterocycles. The zero-order chi connectivity index (χ0) is 21.8. The van der Waals surface area contributed by atoms with E-state index in [2.05, 4.69) is 25.2 Å². The van der Waals surface area contributed by atoms with E-state index in [4.69, 9.17) is 0 Å². The van der Waals surface area contributed by atoms with Crippen molar-refractivity contribution in [2.24, 2.45) is 0 Å². The first-order valence-electron chi connectivity index (χ1n) is 9.97. The number of carbonyl (C=O) groups is 1. The Morgan fingerprint density at radius 2 is 1.69 bits per heavy atom. The van der Waals surface area contributed by atoms with Crippen LogP contribution in [0.5, 0.6) is 0 Å². The molecule has 1 atom stereocenters. The molecule has 0 saturated heterocycles. The van der Waals surface area contributed by atoms with E-state index >= 15 is 0 Å². The lowest BCUT2D eigenvalue weighted by Crippen LogP contribution is -2.41. The molecule has 0 bridgehead atoms. The molecular weight excluding hydrogens is 384 g/mol. The highest BCUT2D eigenvalue weighted by Crippen LogP contribution is 2.24. The first-order valence-corrected chi connectivity index (χ1v) is 11.8. The van der Waals surface area contributed by atoms with Crippen molar-refractivity contribution in [1.29, 1.82) is 0 Å². The quantitative estimate of drug-likeness (QED) is 0.691. The third kappa shape index (κ3) is 6.07. The number of nitrogens with one attached hydrogen (secondary N) is 1. The van der Waals surface area contributed by atoms with Crippen molar-refractivity contribution in [2.45, 2.75) is 53.0 Å². The molecule has 2 rings (SSSR count). The molecule has 5 nitrogen and oxygen atoms in total. The van der Waals surface area contributed by atoms with Crippen LogP contribution in [0.1, 0.15) is 61.4 Å². The first-order chi connectivity index (χ1) is 13.5. The molecule has 0 radical (unpaired) electrons. The van der Waals surface area contributed by atoms with Gasteiger partial charge in [-0.25, -0.2) is 8.42 Å². The van der Waals surface area contributed by atoms with E-state index in [0.717, 1.165) is 33.7 Å². The number of hydrogen-bond acceptors (Lipinski definition) is 3. The van der Waals surface area contributed by atoms with Crippen LogP contribution in [-0.2, 0) is 14.8 Å². The van der Waals surface area contributed by atoms with Gasteiger partial charge < -0.3 is 5.32 Å². The molecule has 1 amide bonds. The minimum Gasteiger partial charge on any atom is -0.348 e. The number of anilines is 1. The van der Waals surface area contributed by atoms with Crippen molar-refractivity contribution in [3.63, 3.8) is 0 Å². The van der Waals surface area contributed by atoms with Crippen LogP contribution in [0.15, 0.2) is 42.5 Å². The Kier molecular flexibility index (Phi) is 7.47. The van der Waals surface area contributed by atoms with Crippen LogP contribution in [0, 0.1) is 13.8 Å². The van der Waals surface area contributed by atoms with Crippen molar-refractivity contribution in [3.8, 4) is 0 Å². The molecule has 2 aromatic rings. The van der Waals surface area contributed by atoms with Gasteiger partial charge in [0, 0.05) is 0 Å². The second kappa shape index (κ2) is 9.44. The van der Waals surface area contributed by atoms with E-state index in [1.807, 2.05) is 45.0 Å². The third-order valence-corrected chi connectivity index (χ3v) is 6.22. The molecule has 0 aliphatic carbocycles. The summed E-state index contributed by atoms with van der Waals surface area (Å²) in [5, 5.41) is 3.00. The summed E-state index contributed by atoms with van der Waals surface area (Å²) in [5.74, 6) is 0.0253. The van der Waals surface area contributed by atoms with Crippen molar-refractivity contribution in [1.82, 2.24) is 5.32 Å². The molecule has 0 heterocycles. The fourth-order valence-electron chi connectivity index (χ4n) is 3.41. The Bertz CT molecular complexity index is 951. The molecule has 158 valence electrons. The summed E-state index contributed by atoms with van der Waals surface area (Å²) in [6.45, 7) is 9.97. The van der Waals surface area contributed by atoms with E-state index in [9.17, 15) is 13.2 Å².